The van der Waals surface area contributed by atoms with E-state index >= 15 is 0 Å². The lowest BCUT2D eigenvalue weighted by molar-refractivity contribution is -0.132. The summed E-state index contributed by atoms with van der Waals surface area (Å²) in [6.45, 7) is 1.84. The summed E-state index contributed by atoms with van der Waals surface area (Å²) in [6.07, 6.45) is 1.89. The average Bonchev–Trinajstić information content (AvgIpc) is 2.87. The largest absolute Gasteiger partial charge is 0.352 e. The summed E-state index contributed by atoms with van der Waals surface area (Å²) >= 11 is 0. The molecule has 1 aliphatic rings. The highest BCUT2D eigenvalue weighted by atomic mass is 16.2. The van der Waals surface area contributed by atoms with Gasteiger partial charge in [-0.25, -0.2) is 0 Å². The molecule has 1 aliphatic heterocycles. The third-order valence-corrected chi connectivity index (χ3v) is 5.78. The van der Waals surface area contributed by atoms with Gasteiger partial charge in [0.25, 0.3) is 11.8 Å². The highest BCUT2D eigenvalue weighted by Gasteiger charge is 2.19. The Hall–Kier alpha value is -3.93. The maximum Gasteiger partial charge on any atom is 0.255 e. The minimum absolute atomic E-state index is 0.122. The van der Waals surface area contributed by atoms with E-state index < -0.39 is 0 Å². The number of fused-ring (bicyclic) bond motifs is 1. The SMILES string of the molecule is O=C(NCCCC(=O)N1CCc2ccccc2C1)c1ccc(NC(=O)c2ccccc2)cc1. The molecule has 0 saturated carbocycles. The van der Waals surface area contributed by atoms with Crippen molar-refractivity contribution in [2.45, 2.75) is 25.8 Å². The maximum atomic E-state index is 12.5. The van der Waals surface area contributed by atoms with Gasteiger partial charge in [-0.15, -0.1) is 0 Å². The Morgan fingerprint density at radius 1 is 0.758 bits per heavy atom. The minimum Gasteiger partial charge on any atom is -0.352 e. The highest BCUT2D eigenvalue weighted by Crippen LogP contribution is 2.19. The molecule has 2 N–H and O–H groups in total. The van der Waals surface area contributed by atoms with Crippen LogP contribution < -0.4 is 10.6 Å². The predicted molar refractivity (Wildman–Crippen MR) is 128 cm³/mol. The van der Waals surface area contributed by atoms with E-state index in [2.05, 4.69) is 22.8 Å². The van der Waals surface area contributed by atoms with Gasteiger partial charge in [-0.2, -0.15) is 0 Å². The number of nitrogens with zero attached hydrogens (tertiary/aromatic N) is 1. The standard InChI is InChI=1S/C27H27N3O3/c31-25(30-18-16-20-7-4-5-10-23(20)19-30)11-6-17-28-26(32)22-12-14-24(15-13-22)29-27(33)21-8-2-1-3-9-21/h1-5,7-10,12-15H,6,11,16-19H2,(H,28,32)(H,29,33). The van der Waals surface area contributed by atoms with Crippen LogP contribution in [0.2, 0.25) is 0 Å². The monoisotopic (exact) mass is 441 g/mol. The van der Waals surface area contributed by atoms with Gasteiger partial charge in [0.2, 0.25) is 5.91 Å². The number of hydrogen-bond acceptors (Lipinski definition) is 3. The van der Waals surface area contributed by atoms with E-state index in [1.165, 1.54) is 11.1 Å². The first kappa shape index (κ1) is 22.3. The summed E-state index contributed by atoms with van der Waals surface area (Å²) in [6, 6.07) is 23.9. The third-order valence-electron chi connectivity index (χ3n) is 5.78. The van der Waals surface area contributed by atoms with Crippen molar-refractivity contribution in [2.24, 2.45) is 0 Å². The molecule has 1 heterocycles. The molecule has 168 valence electrons. The van der Waals surface area contributed by atoms with Gasteiger partial charge in [-0.3, -0.25) is 14.4 Å². The van der Waals surface area contributed by atoms with E-state index in [9.17, 15) is 14.4 Å². The van der Waals surface area contributed by atoms with Gasteiger partial charge in [-0.1, -0.05) is 42.5 Å². The van der Waals surface area contributed by atoms with Gasteiger partial charge in [0.05, 0.1) is 0 Å². The zero-order valence-electron chi connectivity index (χ0n) is 18.4. The van der Waals surface area contributed by atoms with Crippen molar-refractivity contribution < 1.29 is 14.4 Å². The van der Waals surface area contributed by atoms with Gasteiger partial charge in [0.1, 0.15) is 0 Å². The van der Waals surface area contributed by atoms with Crippen molar-refractivity contribution in [3.8, 4) is 0 Å². The molecule has 0 aliphatic carbocycles. The van der Waals surface area contributed by atoms with Crippen LogP contribution in [0.1, 0.15) is 44.7 Å². The predicted octanol–water partition coefficient (Wildman–Crippen LogP) is 4.03. The van der Waals surface area contributed by atoms with Crippen molar-refractivity contribution in [1.29, 1.82) is 0 Å². The second-order valence-electron chi connectivity index (χ2n) is 8.09. The lowest BCUT2D eigenvalue weighted by Gasteiger charge is -2.29. The fourth-order valence-electron chi connectivity index (χ4n) is 3.91. The molecular weight excluding hydrogens is 414 g/mol. The van der Waals surface area contributed by atoms with E-state index in [0.29, 0.717) is 42.7 Å². The number of amides is 3. The molecule has 3 amide bonds. The summed E-state index contributed by atoms with van der Waals surface area (Å²) in [5, 5.41) is 5.68. The summed E-state index contributed by atoms with van der Waals surface area (Å²) < 4.78 is 0. The molecule has 0 radical (unpaired) electrons. The summed E-state index contributed by atoms with van der Waals surface area (Å²) in [5.74, 6) is -0.276. The Morgan fingerprint density at radius 2 is 1.42 bits per heavy atom. The van der Waals surface area contributed by atoms with Gasteiger partial charge < -0.3 is 15.5 Å². The smallest absolute Gasteiger partial charge is 0.255 e. The summed E-state index contributed by atoms with van der Waals surface area (Å²) in [7, 11) is 0. The van der Waals surface area contributed by atoms with Gasteiger partial charge in [-0.05, 0) is 60.4 Å². The molecule has 0 atom stereocenters. The number of nitrogens with one attached hydrogen (secondary N) is 2. The molecule has 0 fully saturated rings. The Labute approximate surface area is 193 Å². The molecule has 0 bridgehead atoms. The molecule has 6 heteroatoms. The van der Waals surface area contributed by atoms with Crippen molar-refractivity contribution >= 4 is 23.4 Å². The lowest BCUT2D eigenvalue weighted by atomic mass is 9.99. The summed E-state index contributed by atoms with van der Waals surface area (Å²) in [4.78, 5) is 39.0. The van der Waals surface area contributed by atoms with Crippen LogP contribution in [-0.4, -0.2) is 35.7 Å². The Balaban J connectivity index is 1.19. The Bertz CT molecular complexity index is 1130. The van der Waals surface area contributed by atoms with Crippen LogP contribution in [0.5, 0.6) is 0 Å². The van der Waals surface area contributed by atoms with Gasteiger partial charge in [0, 0.05) is 42.9 Å². The fraction of sp³-hybridized carbons (Fsp3) is 0.222. The second-order valence-corrected chi connectivity index (χ2v) is 8.09. The molecule has 0 spiro atoms. The number of anilines is 1. The van der Waals surface area contributed by atoms with Crippen LogP contribution in [0.4, 0.5) is 5.69 Å². The highest BCUT2D eigenvalue weighted by molar-refractivity contribution is 6.04. The first-order valence-corrected chi connectivity index (χ1v) is 11.2. The Morgan fingerprint density at radius 3 is 2.18 bits per heavy atom. The second kappa shape index (κ2) is 10.6. The number of benzene rings is 3. The number of hydrogen-bond donors (Lipinski definition) is 2. The number of rotatable bonds is 7. The quantitative estimate of drug-likeness (QED) is 0.544. The van der Waals surface area contributed by atoms with Crippen LogP contribution in [0.15, 0.2) is 78.9 Å². The first-order valence-electron chi connectivity index (χ1n) is 11.2. The Kier molecular flexibility index (Phi) is 7.15. The van der Waals surface area contributed by atoms with E-state index in [-0.39, 0.29) is 17.7 Å². The van der Waals surface area contributed by atoms with E-state index in [4.69, 9.17) is 0 Å². The van der Waals surface area contributed by atoms with Crippen LogP contribution in [0.3, 0.4) is 0 Å². The molecule has 6 nitrogen and oxygen atoms in total. The first-order chi connectivity index (χ1) is 16.1. The van der Waals surface area contributed by atoms with E-state index in [0.717, 1.165) is 13.0 Å². The molecule has 0 aromatic heterocycles. The normalized spacial score (nSPS) is 12.5. The van der Waals surface area contributed by atoms with Crippen LogP contribution in [0, 0.1) is 0 Å². The zero-order valence-corrected chi connectivity index (χ0v) is 18.4. The molecule has 0 unspecified atom stereocenters. The molecule has 3 aromatic carbocycles. The summed E-state index contributed by atoms with van der Waals surface area (Å²) in [5.41, 5.74) is 4.23. The van der Waals surface area contributed by atoms with Crippen LogP contribution in [0.25, 0.3) is 0 Å². The maximum absolute atomic E-state index is 12.5. The molecule has 4 rings (SSSR count). The topological polar surface area (TPSA) is 78.5 Å². The number of carbonyl (C=O) groups excluding carboxylic acids is 3. The number of carbonyl (C=O) groups is 3. The zero-order chi connectivity index (χ0) is 23.0. The minimum atomic E-state index is -0.199. The van der Waals surface area contributed by atoms with Crippen LogP contribution >= 0.6 is 0 Å². The van der Waals surface area contributed by atoms with Gasteiger partial charge >= 0.3 is 0 Å². The van der Waals surface area contributed by atoms with E-state index in [1.807, 2.05) is 35.2 Å². The average molecular weight is 442 g/mol. The van der Waals surface area contributed by atoms with Crippen LogP contribution in [-0.2, 0) is 17.8 Å². The van der Waals surface area contributed by atoms with Gasteiger partial charge in [0.15, 0.2) is 0 Å². The molecular formula is C27H27N3O3. The van der Waals surface area contributed by atoms with E-state index in [1.54, 1.807) is 36.4 Å². The van der Waals surface area contributed by atoms with Crippen molar-refractivity contribution in [3.63, 3.8) is 0 Å². The molecule has 33 heavy (non-hydrogen) atoms. The van der Waals surface area contributed by atoms with Crippen molar-refractivity contribution in [3.05, 3.63) is 101 Å². The lowest BCUT2D eigenvalue weighted by Crippen LogP contribution is -2.36. The van der Waals surface area contributed by atoms with Crippen molar-refractivity contribution in [1.82, 2.24) is 10.2 Å². The molecule has 0 saturated heterocycles. The molecule has 3 aromatic rings. The third kappa shape index (κ3) is 5.86. The van der Waals surface area contributed by atoms with Crippen molar-refractivity contribution in [2.75, 3.05) is 18.4 Å². The fourth-order valence-corrected chi connectivity index (χ4v) is 3.91.